The third-order valence-corrected chi connectivity index (χ3v) is 4.52. The number of methoxy groups -OCH3 is 1. The summed E-state index contributed by atoms with van der Waals surface area (Å²) < 4.78 is 30.5. The average Bonchev–Trinajstić information content (AvgIpc) is 2.79. The van der Waals surface area contributed by atoms with Crippen LogP contribution in [0.25, 0.3) is 11.3 Å². The molecule has 156 valence electrons. The van der Waals surface area contributed by atoms with Crippen molar-refractivity contribution in [1.29, 1.82) is 0 Å². The quantitative estimate of drug-likeness (QED) is 0.435. The smallest absolute Gasteiger partial charge is 0.172 e. The first kappa shape index (κ1) is 20.2. The number of benzene rings is 3. The van der Waals surface area contributed by atoms with Gasteiger partial charge in [-0.25, -0.2) is 14.4 Å². The van der Waals surface area contributed by atoms with Crippen molar-refractivity contribution in [3.63, 3.8) is 0 Å². The number of aromatic nitrogens is 2. The molecule has 0 spiro atoms. The number of ether oxygens (including phenoxy) is 3. The van der Waals surface area contributed by atoms with E-state index in [9.17, 15) is 9.50 Å². The van der Waals surface area contributed by atoms with Gasteiger partial charge in [0.25, 0.3) is 0 Å². The van der Waals surface area contributed by atoms with Gasteiger partial charge in [-0.3, -0.25) is 0 Å². The zero-order valence-electron chi connectivity index (χ0n) is 16.7. The van der Waals surface area contributed by atoms with Crippen molar-refractivity contribution in [2.75, 3.05) is 7.11 Å². The summed E-state index contributed by atoms with van der Waals surface area (Å²) >= 11 is 0. The number of rotatable bonds is 7. The highest BCUT2D eigenvalue weighted by molar-refractivity contribution is 5.72. The normalized spacial score (nSPS) is 10.5. The van der Waals surface area contributed by atoms with Crippen LogP contribution < -0.4 is 14.2 Å². The van der Waals surface area contributed by atoms with Crippen molar-refractivity contribution in [3.8, 4) is 40.0 Å². The van der Waals surface area contributed by atoms with E-state index in [1.54, 1.807) is 61.7 Å². The molecule has 0 aliphatic carbocycles. The molecule has 1 N–H and O–H groups in total. The predicted molar refractivity (Wildman–Crippen MR) is 113 cm³/mol. The van der Waals surface area contributed by atoms with Gasteiger partial charge in [0, 0.05) is 23.3 Å². The standard InChI is InChI=1S/C24H19FN2O4/c1-29-17-6-4-7-19(11-17)31-23-13-26-15-27-24(23)20-10-9-18(12-22(20)28)30-14-16-5-2-3-8-21(16)25/h2-13,15,28H,14H2,1H3. The molecule has 1 aromatic heterocycles. The van der Waals surface area contributed by atoms with Crippen LogP contribution >= 0.6 is 0 Å². The zero-order valence-corrected chi connectivity index (χ0v) is 16.7. The van der Waals surface area contributed by atoms with E-state index in [1.807, 2.05) is 0 Å². The highest BCUT2D eigenvalue weighted by atomic mass is 19.1. The van der Waals surface area contributed by atoms with Crippen LogP contribution in [-0.4, -0.2) is 22.2 Å². The molecule has 7 heteroatoms. The lowest BCUT2D eigenvalue weighted by Crippen LogP contribution is -1.98. The molecule has 0 bridgehead atoms. The van der Waals surface area contributed by atoms with Gasteiger partial charge in [0.1, 0.15) is 47.4 Å². The van der Waals surface area contributed by atoms with Gasteiger partial charge in [0.15, 0.2) is 5.75 Å². The van der Waals surface area contributed by atoms with E-state index in [0.717, 1.165) is 0 Å². The summed E-state index contributed by atoms with van der Waals surface area (Å²) in [5, 5.41) is 10.6. The summed E-state index contributed by atoms with van der Waals surface area (Å²) in [5.74, 6) is 1.55. The Morgan fingerprint density at radius 3 is 2.58 bits per heavy atom. The van der Waals surface area contributed by atoms with Gasteiger partial charge < -0.3 is 19.3 Å². The minimum Gasteiger partial charge on any atom is -0.507 e. The number of halogens is 1. The van der Waals surface area contributed by atoms with Crippen LogP contribution in [-0.2, 0) is 6.61 Å². The number of aromatic hydroxyl groups is 1. The lowest BCUT2D eigenvalue weighted by atomic mass is 10.1. The predicted octanol–water partition coefficient (Wildman–Crippen LogP) is 5.37. The zero-order chi connectivity index (χ0) is 21.6. The lowest BCUT2D eigenvalue weighted by Gasteiger charge is -2.13. The van der Waals surface area contributed by atoms with Crippen LogP contribution in [0.2, 0.25) is 0 Å². The van der Waals surface area contributed by atoms with Crippen molar-refractivity contribution in [2.24, 2.45) is 0 Å². The third kappa shape index (κ3) is 4.72. The maximum atomic E-state index is 13.8. The molecule has 0 radical (unpaired) electrons. The summed E-state index contributed by atoms with van der Waals surface area (Å²) in [5.41, 5.74) is 1.28. The number of hydrogen-bond donors (Lipinski definition) is 1. The van der Waals surface area contributed by atoms with Crippen molar-refractivity contribution in [3.05, 3.63) is 90.6 Å². The van der Waals surface area contributed by atoms with E-state index in [1.165, 1.54) is 24.7 Å². The molecule has 0 saturated carbocycles. The van der Waals surface area contributed by atoms with Crippen molar-refractivity contribution in [1.82, 2.24) is 9.97 Å². The minimum atomic E-state index is -0.344. The fourth-order valence-electron chi connectivity index (χ4n) is 2.96. The van der Waals surface area contributed by atoms with Gasteiger partial charge >= 0.3 is 0 Å². The van der Waals surface area contributed by atoms with Crippen molar-refractivity contribution < 1.29 is 23.7 Å². The second kappa shape index (κ2) is 9.13. The number of hydrogen-bond acceptors (Lipinski definition) is 6. The fourth-order valence-corrected chi connectivity index (χ4v) is 2.96. The van der Waals surface area contributed by atoms with Crippen LogP contribution in [0.15, 0.2) is 79.3 Å². The van der Waals surface area contributed by atoms with Gasteiger partial charge in [-0.15, -0.1) is 0 Å². The van der Waals surface area contributed by atoms with E-state index in [0.29, 0.717) is 39.8 Å². The molecule has 0 aliphatic heterocycles. The Morgan fingerprint density at radius 2 is 1.77 bits per heavy atom. The first-order valence-electron chi connectivity index (χ1n) is 9.45. The largest absolute Gasteiger partial charge is 0.507 e. The minimum absolute atomic E-state index is 0.0448. The SMILES string of the molecule is COc1cccc(Oc2cncnc2-c2ccc(OCc3ccccc3F)cc2O)c1. The molecule has 31 heavy (non-hydrogen) atoms. The fraction of sp³-hybridized carbons (Fsp3) is 0.0833. The summed E-state index contributed by atoms with van der Waals surface area (Å²) in [6.45, 7) is 0.0448. The molecule has 0 atom stereocenters. The molecule has 0 amide bonds. The van der Waals surface area contributed by atoms with E-state index in [2.05, 4.69) is 9.97 Å². The Kier molecular flexibility index (Phi) is 5.93. The number of phenols is 1. The average molecular weight is 418 g/mol. The molecular formula is C24H19FN2O4. The van der Waals surface area contributed by atoms with Gasteiger partial charge in [-0.2, -0.15) is 0 Å². The van der Waals surface area contributed by atoms with E-state index < -0.39 is 0 Å². The highest BCUT2D eigenvalue weighted by Crippen LogP contribution is 2.38. The number of nitrogens with zero attached hydrogens (tertiary/aromatic N) is 2. The summed E-state index contributed by atoms with van der Waals surface area (Å²) in [6.07, 6.45) is 2.89. The summed E-state index contributed by atoms with van der Waals surface area (Å²) in [4.78, 5) is 8.28. The van der Waals surface area contributed by atoms with E-state index in [-0.39, 0.29) is 18.2 Å². The second-order valence-corrected chi connectivity index (χ2v) is 6.58. The summed E-state index contributed by atoms with van der Waals surface area (Å²) in [6, 6.07) is 18.3. The maximum Gasteiger partial charge on any atom is 0.172 e. The van der Waals surface area contributed by atoms with Crippen LogP contribution in [0, 0.1) is 5.82 Å². The molecule has 0 fully saturated rings. The monoisotopic (exact) mass is 418 g/mol. The molecule has 6 nitrogen and oxygen atoms in total. The van der Waals surface area contributed by atoms with Gasteiger partial charge in [-0.05, 0) is 30.3 Å². The van der Waals surface area contributed by atoms with Gasteiger partial charge in [0.05, 0.1) is 13.3 Å². The lowest BCUT2D eigenvalue weighted by molar-refractivity contribution is 0.298. The van der Waals surface area contributed by atoms with E-state index in [4.69, 9.17) is 14.2 Å². The topological polar surface area (TPSA) is 73.7 Å². The Bertz CT molecular complexity index is 1200. The van der Waals surface area contributed by atoms with Crippen LogP contribution in [0.1, 0.15) is 5.56 Å². The van der Waals surface area contributed by atoms with Crippen molar-refractivity contribution in [2.45, 2.75) is 6.61 Å². The third-order valence-electron chi connectivity index (χ3n) is 4.52. The van der Waals surface area contributed by atoms with Crippen LogP contribution in [0.5, 0.6) is 28.7 Å². The molecular weight excluding hydrogens is 399 g/mol. The summed E-state index contributed by atoms with van der Waals surface area (Å²) in [7, 11) is 1.57. The van der Waals surface area contributed by atoms with Crippen LogP contribution in [0.3, 0.4) is 0 Å². The number of phenolic OH excluding ortho intramolecular Hbond substituents is 1. The molecule has 0 aliphatic rings. The highest BCUT2D eigenvalue weighted by Gasteiger charge is 2.15. The van der Waals surface area contributed by atoms with Gasteiger partial charge in [-0.1, -0.05) is 24.3 Å². The van der Waals surface area contributed by atoms with Crippen molar-refractivity contribution >= 4 is 0 Å². The molecule has 0 unspecified atom stereocenters. The first-order valence-corrected chi connectivity index (χ1v) is 9.45. The molecule has 4 rings (SSSR count). The molecule has 1 heterocycles. The Labute approximate surface area is 178 Å². The Morgan fingerprint density at radius 1 is 0.935 bits per heavy atom. The molecule has 4 aromatic rings. The van der Waals surface area contributed by atoms with E-state index >= 15 is 0 Å². The van der Waals surface area contributed by atoms with Gasteiger partial charge in [0.2, 0.25) is 0 Å². The molecule has 3 aromatic carbocycles. The Hall–Kier alpha value is -4.13. The first-order chi connectivity index (χ1) is 15.1. The van der Waals surface area contributed by atoms with Crippen LogP contribution in [0.4, 0.5) is 4.39 Å². The maximum absolute atomic E-state index is 13.8. The molecule has 0 saturated heterocycles. The Balaban J connectivity index is 1.56. The second-order valence-electron chi connectivity index (χ2n) is 6.58.